The highest BCUT2D eigenvalue weighted by molar-refractivity contribution is 5.82. The Kier molecular flexibility index (Phi) is 7.64. The second-order valence-electron chi connectivity index (χ2n) is 9.53. The summed E-state index contributed by atoms with van der Waals surface area (Å²) >= 11 is 0. The SMILES string of the molecule is O=c1[nH]ncc(N[C@H]2CCC[C@@H](Cn3cnc4cc(-c5ncc(OC(F)F)cn5)c(F)cc4c3=O)C2)c1C(F)(F)F. The lowest BCUT2D eigenvalue weighted by atomic mass is 9.85. The molecule has 0 bridgehead atoms. The van der Waals surface area contributed by atoms with E-state index in [0.29, 0.717) is 25.7 Å². The number of H-pyrrole nitrogens is 1. The van der Waals surface area contributed by atoms with Crippen LogP contribution in [-0.4, -0.2) is 42.4 Å². The molecule has 1 aliphatic rings. The quantitative estimate of drug-likeness (QED) is 0.308. The van der Waals surface area contributed by atoms with Crippen LogP contribution in [0.5, 0.6) is 5.75 Å². The topological polar surface area (TPSA) is 128 Å². The van der Waals surface area contributed by atoms with Gasteiger partial charge in [0, 0.05) is 12.6 Å². The van der Waals surface area contributed by atoms with Gasteiger partial charge in [-0.2, -0.15) is 27.1 Å². The summed E-state index contributed by atoms with van der Waals surface area (Å²) in [5, 5.41) is 8.04. The molecule has 0 aliphatic heterocycles. The molecule has 1 aromatic carbocycles. The molecule has 2 atom stereocenters. The van der Waals surface area contributed by atoms with E-state index in [-0.39, 0.29) is 40.5 Å². The van der Waals surface area contributed by atoms with Gasteiger partial charge in [-0.25, -0.2) is 24.4 Å². The lowest BCUT2D eigenvalue weighted by Gasteiger charge is -2.31. The second-order valence-corrected chi connectivity index (χ2v) is 9.53. The number of nitrogens with one attached hydrogen (secondary N) is 2. The van der Waals surface area contributed by atoms with E-state index in [9.17, 15) is 35.9 Å². The molecule has 1 saturated carbocycles. The fraction of sp³-hybridized carbons (Fsp3) is 0.360. The first-order valence-corrected chi connectivity index (χ1v) is 12.4. The summed E-state index contributed by atoms with van der Waals surface area (Å²) in [5.74, 6) is -1.37. The molecule has 10 nitrogen and oxygen atoms in total. The number of halogens is 6. The van der Waals surface area contributed by atoms with Crippen LogP contribution in [0.2, 0.25) is 0 Å². The first kappa shape index (κ1) is 28.0. The molecule has 216 valence electrons. The Balaban J connectivity index is 1.34. The van der Waals surface area contributed by atoms with E-state index in [4.69, 9.17) is 0 Å². The number of nitrogens with zero attached hydrogens (tertiary/aromatic N) is 5. The van der Waals surface area contributed by atoms with E-state index in [2.05, 4.69) is 30.1 Å². The van der Waals surface area contributed by atoms with Gasteiger partial charge in [0.15, 0.2) is 11.6 Å². The number of aromatic nitrogens is 6. The van der Waals surface area contributed by atoms with Gasteiger partial charge in [0.05, 0.1) is 47.1 Å². The molecule has 5 rings (SSSR count). The Morgan fingerprint density at radius 2 is 1.85 bits per heavy atom. The molecule has 0 unspecified atom stereocenters. The number of aromatic amines is 1. The van der Waals surface area contributed by atoms with Crippen LogP contribution in [0.25, 0.3) is 22.3 Å². The molecule has 3 aromatic heterocycles. The van der Waals surface area contributed by atoms with E-state index in [0.717, 1.165) is 24.7 Å². The summed E-state index contributed by atoms with van der Waals surface area (Å²) in [6.45, 7) is -2.88. The van der Waals surface area contributed by atoms with E-state index >= 15 is 0 Å². The van der Waals surface area contributed by atoms with Gasteiger partial charge in [0.2, 0.25) is 0 Å². The lowest BCUT2D eigenvalue weighted by Crippen LogP contribution is -2.34. The predicted octanol–water partition coefficient (Wildman–Crippen LogP) is 4.37. The Labute approximate surface area is 226 Å². The van der Waals surface area contributed by atoms with Crippen molar-refractivity contribution < 1.29 is 31.1 Å². The summed E-state index contributed by atoms with van der Waals surface area (Å²) in [6, 6.07) is 1.86. The average molecular weight is 581 g/mol. The Morgan fingerprint density at radius 3 is 2.56 bits per heavy atom. The number of rotatable bonds is 7. The number of benzene rings is 1. The number of hydrogen-bond acceptors (Lipinski definition) is 8. The van der Waals surface area contributed by atoms with Crippen LogP contribution in [0, 0.1) is 11.7 Å². The number of ether oxygens (including phenoxy) is 1. The molecule has 0 amide bonds. The maximum atomic E-state index is 15.0. The van der Waals surface area contributed by atoms with Gasteiger partial charge < -0.3 is 10.1 Å². The smallest absolute Gasteiger partial charge is 0.423 e. The molecule has 4 aromatic rings. The average Bonchev–Trinajstić information content (AvgIpc) is 2.90. The minimum absolute atomic E-state index is 0.0127. The zero-order chi connectivity index (χ0) is 29.3. The van der Waals surface area contributed by atoms with Crippen molar-refractivity contribution in [3.63, 3.8) is 0 Å². The van der Waals surface area contributed by atoms with Gasteiger partial charge in [-0.1, -0.05) is 6.42 Å². The van der Waals surface area contributed by atoms with Crippen molar-refractivity contribution in [1.29, 1.82) is 0 Å². The normalized spacial score (nSPS) is 17.6. The monoisotopic (exact) mass is 581 g/mol. The van der Waals surface area contributed by atoms with Crippen molar-refractivity contribution in [1.82, 2.24) is 29.7 Å². The Morgan fingerprint density at radius 1 is 1.10 bits per heavy atom. The number of alkyl halides is 5. The minimum Gasteiger partial charge on any atom is -0.432 e. The molecule has 0 radical (unpaired) electrons. The highest BCUT2D eigenvalue weighted by atomic mass is 19.4. The van der Waals surface area contributed by atoms with Crippen LogP contribution in [-0.2, 0) is 12.7 Å². The molecule has 16 heteroatoms. The summed E-state index contributed by atoms with van der Waals surface area (Å²) in [7, 11) is 0. The van der Waals surface area contributed by atoms with Gasteiger partial charge in [0.25, 0.3) is 11.1 Å². The first-order chi connectivity index (χ1) is 19.5. The van der Waals surface area contributed by atoms with Crippen molar-refractivity contribution in [3.05, 3.63) is 69.1 Å². The summed E-state index contributed by atoms with van der Waals surface area (Å²) in [4.78, 5) is 36.9. The summed E-state index contributed by atoms with van der Waals surface area (Å²) < 4.78 is 85.4. The van der Waals surface area contributed by atoms with Crippen LogP contribution < -0.4 is 21.2 Å². The highest BCUT2D eigenvalue weighted by Gasteiger charge is 2.38. The Hall–Kier alpha value is -4.50. The van der Waals surface area contributed by atoms with Crippen LogP contribution in [0.4, 0.5) is 32.0 Å². The second kappa shape index (κ2) is 11.2. The number of fused-ring (bicyclic) bond motifs is 1. The molecular weight excluding hydrogens is 560 g/mol. The molecule has 0 spiro atoms. The fourth-order valence-corrected chi connectivity index (χ4v) is 4.97. The van der Waals surface area contributed by atoms with Gasteiger partial charge in [-0.15, -0.1) is 0 Å². The van der Waals surface area contributed by atoms with E-state index in [1.54, 1.807) is 5.10 Å². The van der Waals surface area contributed by atoms with Crippen molar-refractivity contribution in [2.75, 3.05) is 5.32 Å². The van der Waals surface area contributed by atoms with Crippen LogP contribution in [0.3, 0.4) is 0 Å². The maximum Gasteiger partial charge on any atom is 0.423 e. The summed E-state index contributed by atoms with van der Waals surface area (Å²) in [6.07, 6.45) is 1.59. The molecule has 3 heterocycles. The number of anilines is 1. The first-order valence-electron chi connectivity index (χ1n) is 12.4. The van der Waals surface area contributed by atoms with Crippen LogP contribution in [0.1, 0.15) is 31.2 Å². The fourth-order valence-electron chi connectivity index (χ4n) is 4.97. The van der Waals surface area contributed by atoms with Crippen LogP contribution >= 0.6 is 0 Å². The molecule has 41 heavy (non-hydrogen) atoms. The van der Waals surface area contributed by atoms with Crippen molar-refractivity contribution in [3.8, 4) is 17.1 Å². The van der Waals surface area contributed by atoms with Crippen LogP contribution in [0.15, 0.2) is 46.6 Å². The molecule has 0 saturated heterocycles. The van der Waals surface area contributed by atoms with E-state index in [1.807, 2.05) is 0 Å². The third kappa shape index (κ3) is 6.15. The zero-order valence-electron chi connectivity index (χ0n) is 21.0. The molecular formula is C25H21F6N7O3. The number of hydrogen-bond donors (Lipinski definition) is 2. The van der Waals surface area contributed by atoms with Gasteiger partial charge in [0.1, 0.15) is 11.4 Å². The van der Waals surface area contributed by atoms with Gasteiger partial charge >= 0.3 is 12.8 Å². The largest absolute Gasteiger partial charge is 0.432 e. The third-order valence-corrected chi connectivity index (χ3v) is 6.74. The minimum atomic E-state index is -4.87. The standard InChI is InChI=1S/C25H21F6N7O3/c26-17-5-16-18(6-15(17)21-32-7-14(8-33-21)41-24(27)28)34-11-38(23(16)40)10-12-2-1-3-13(4-12)36-19-9-35-37-22(39)20(19)25(29,30)31/h5-9,11-13,24H,1-4,10H2,(H2,36,37,39)/t12-,13+/m1/s1. The third-order valence-electron chi connectivity index (χ3n) is 6.74. The van der Waals surface area contributed by atoms with E-state index < -0.39 is 47.0 Å². The van der Waals surface area contributed by atoms with Crippen molar-refractivity contribution in [2.24, 2.45) is 5.92 Å². The predicted molar refractivity (Wildman–Crippen MR) is 133 cm³/mol. The Bertz CT molecular complexity index is 1670. The molecule has 2 N–H and O–H groups in total. The zero-order valence-corrected chi connectivity index (χ0v) is 21.0. The molecule has 1 fully saturated rings. The maximum absolute atomic E-state index is 15.0. The highest BCUT2D eigenvalue weighted by Crippen LogP contribution is 2.34. The lowest BCUT2D eigenvalue weighted by molar-refractivity contribution is -0.138. The van der Waals surface area contributed by atoms with Crippen molar-refractivity contribution in [2.45, 2.75) is 51.1 Å². The van der Waals surface area contributed by atoms with Gasteiger partial charge in [-0.3, -0.25) is 14.2 Å². The molecule has 1 aliphatic carbocycles. The van der Waals surface area contributed by atoms with Crippen molar-refractivity contribution >= 4 is 16.6 Å². The van der Waals surface area contributed by atoms with Gasteiger partial charge in [-0.05, 0) is 37.3 Å². The van der Waals surface area contributed by atoms with E-state index in [1.165, 1.54) is 17.0 Å². The summed E-state index contributed by atoms with van der Waals surface area (Å²) in [5.41, 5.74) is -3.57.